The van der Waals surface area contributed by atoms with Gasteiger partial charge in [0, 0.05) is 11.0 Å². The van der Waals surface area contributed by atoms with Crippen LogP contribution in [0.25, 0.3) is 0 Å². The molecule has 132 valence electrons. The standard InChI is InChI=1S/C20H18BrN3O2/c21-16-9-5-4-8-15(16)10-22-20(25)19-17-12-26-18(11-24(17)13-23-19)14-6-2-1-3-7-14/h1-9,13,18H,10-12H2,(H,22,25)/t18-/m0/s1. The molecular formula is C20H18BrN3O2. The molecule has 5 nitrogen and oxygen atoms in total. The summed E-state index contributed by atoms with van der Waals surface area (Å²) in [5.41, 5.74) is 3.41. The van der Waals surface area contributed by atoms with Crippen LogP contribution in [0.1, 0.15) is 33.4 Å². The van der Waals surface area contributed by atoms with Gasteiger partial charge in [0.15, 0.2) is 5.69 Å². The van der Waals surface area contributed by atoms with Gasteiger partial charge in [0.2, 0.25) is 0 Å². The Balaban J connectivity index is 1.46. The van der Waals surface area contributed by atoms with Gasteiger partial charge in [-0.3, -0.25) is 4.79 Å². The van der Waals surface area contributed by atoms with Gasteiger partial charge in [0.05, 0.1) is 25.2 Å². The second-order valence-corrected chi connectivity index (χ2v) is 7.03. The SMILES string of the molecule is O=C(NCc1ccccc1Br)c1ncn2c1CO[C@H](c1ccccc1)C2. The van der Waals surface area contributed by atoms with Crippen LogP contribution in [0.3, 0.4) is 0 Å². The molecule has 1 N–H and O–H groups in total. The van der Waals surface area contributed by atoms with Crippen molar-refractivity contribution in [1.82, 2.24) is 14.9 Å². The first-order valence-corrected chi connectivity index (χ1v) is 9.24. The van der Waals surface area contributed by atoms with Gasteiger partial charge in [-0.1, -0.05) is 64.5 Å². The summed E-state index contributed by atoms with van der Waals surface area (Å²) in [6.07, 6.45) is 1.70. The van der Waals surface area contributed by atoms with E-state index in [2.05, 4.69) is 38.4 Å². The minimum Gasteiger partial charge on any atom is -0.365 e. The van der Waals surface area contributed by atoms with Gasteiger partial charge in [-0.05, 0) is 17.2 Å². The molecule has 1 aliphatic rings. The molecule has 0 bridgehead atoms. The predicted octanol–water partition coefficient (Wildman–Crippen LogP) is 3.85. The van der Waals surface area contributed by atoms with E-state index in [1.54, 1.807) is 6.33 Å². The maximum absolute atomic E-state index is 12.6. The number of nitrogens with zero attached hydrogens (tertiary/aromatic N) is 2. The highest BCUT2D eigenvalue weighted by molar-refractivity contribution is 9.10. The number of aromatic nitrogens is 2. The Labute approximate surface area is 160 Å². The molecule has 26 heavy (non-hydrogen) atoms. The van der Waals surface area contributed by atoms with Crippen LogP contribution in [-0.4, -0.2) is 15.5 Å². The summed E-state index contributed by atoms with van der Waals surface area (Å²) in [6, 6.07) is 17.9. The Morgan fingerprint density at radius 1 is 1.19 bits per heavy atom. The summed E-state index contributed by atoms with van der Waals surface area (Å²) >= 11 is 3.49. The first-order valence-electron chi connectivity index (χ1n) is 8.44. The van der Waals surface area contributed by atoms with E-state index in [9.17, 15) is 4.79 Å². The molecule has 1 atom stereocenters. The van der Waals surface area contributed by atoms with Crippen molar-refractivity contribution < 1.29 is 9.53 Å². The summed E-state index contributed by atoms with van der Waals surface area (Å²) in [5, 5.41) is 2.93. The molecule has 0 unspecified atom stereocenters. The molecule has 0 aliphatic carbocycles. The number of rotatable bonds is 4. The third-order valence-electron chi connectivity index (χ3n) is 4.51. The fourth-order valence-electron chi connectivity index (χ4n) is 3.09. The van der Waals surface area contributed by atoms with Crippen molar-refractivity contribution in [2.45, 2.75) is 25.8 Å². The largest absolute Gasteiger partial charge is 0.365 e. The van der Waals surface area contributed by atoms with Crippen LogP contribution in [0, 0.1) is 0 Å². The van der Waals surface area contributed by atoms with Crippen molar-refractivity contribution in [2.75, 3.05) is 0 Å². The van der Waals surface area contributed by atoms with Crippen LogP contribution in [0.4, 0.5) is 0 Å². The number of ether oxygens (including phenoxy) is 1. The maximum Gasteiger partial charge on any atom is 0.272 e. The highest BCUT2D eigenvalue weighted by atomic mass is 79.9. The van der Waals surface area contributed by atoms with Crippen molar-refractivity contribution in [3.63, 3.8) is 0 Å². The lowest BCUT2D eigenvalue weighted by Gasteiger charge is -2.25. The lowest BCUT2D eigenvalue weighted by Crippen LogP contribution is -2.27. The van der Waals surface area contributed by atoms with Gasteiger partial charge < -0.3 is 14.6 Å². The Bertz CT molecular complexity index is 924. The lowest BCUT2D eigenvalue weighted by atomic mass is 10.1. The first kappa shape index (κ1) is 17.0. The summed E-state index contributed by atoms with van der Waals surface area (Å²) < 4.78 is 8.95. The second-order valence-electron chi connectivity index (χ2n) is 6.18. The van der Waals surface area contributed by atoms with E-state index in [0.29, 0.717) is 25.4 Å². The molecule has 0 radical (unpaired) electrons. The molecule has 1 aromatic heterocycles. The molecule has 3 aromatic rings. The van der Waals surface area contributed by atoms with Gasteiger partial charge in [-0.2, -0.15) is 0 Å². The van der Waals surface area contributed by atoms with Crippen LogP contribution >= 0.6 is 15.9 Å². The minimum absolute atomic E-state index is 0.0194. The van der Waals surface area contributed by atoms with Gasteiger partial charge >= 0.3 is 0 Å². The van der Waals surface area contributed by atoms with Crippen LogP contribution in [0.2, 0.25) is 0 Å². The fourth-order valence-corrected chi connectivity index (χ4v) is 3.51. The topological polar surface area (TPSA) is 56.2 Å². The average Bonchev–Trinajstić information content (AvgIpc) is 3.11. The number of hydrogen-bond acceptors (Lipinski definition) is 3. The molecule has 0 saturated heterocycles. The Kier molecular flexibility index (Phi) is 4.86. The van der Waals surface area contributed by atoms with E-state index in [-0.39, 0.29) is 12.0 Å². The number of carbonyl (C=O) groups is 1. The van der Waals surface area contributed by atoms with E-state index >= 15 is 0 Å². The highest BCUT2D eigenvalue weighted by Gasteiger charge is 2.26. The molecule has 0 spiro atoms. The maximum atomic E-state index is 12.6. The summed E-state index contributed by atoms with van der Waals surface area (Å²) in [7, 11) is 0. The summed E-state index contributed by atoms with van der Waals surface area (Å²) in [4.78, 5) is 16.9. The fraction of sp³-hybridized carbons (Fsp3) is 0.200. The minimum atomic E-state index is -0.184. The third-order valence-corrected chi connectivity index (χ3v) is 5.29. The van der Waals surface area contributed by atoms with Crippen LogP contribution in [-0.2, 0) is 24.4 Å². The number of imidazole rings is 1. The quantitative estimate of drug-likeness (QED) is 0.709. The van der Waals surface area contributed by atoms with E-state index in [1.165, 1.54) is 0 Å². The molecule has 4 rings (SSSR count). The van der Waals surface area contributed by atoms with Crippen molar-refractivity contribution in [1.29, 1.82) is 0 Å². The summed E-state index contributed by atoms with van der Waals surface area (Å²) in [5.74, 6) is -0.184. The van der Waals surface area contributed by atoms with Gasteiger partial charge in [-0.15, -0.1) is 0 Å². The number of amides is 1. The molecule has 2 aromatic carbocycles. The molecule has 1 amide bonds. The number of nitrogens with one attached hydrogen (secondary N) is 1. The number of carbonyl (C=O) groups excluding carboxylic acids is 1. The zero-order valence-electron chi connectivity index (χ0n) is 14.1. The van der Waals surface area contributed by atoms with E-state index < -0.39 is 0 Å². The lowest BCUT2D eigenvalue weighted by molar-refractivity contribution is 0.00257. The van der Waals surface area contributed by atoms with Crippen molar-refractivity contribution in [3.8, 4) is 0 Å². The highest BCUT2D eigenvalue weighted by Crippen LogP contribution is 2.27. The first-order chi connectivity index (χ1) is 12.7. The predicted molar refractivity (Wildman–Crippen MR) is 102 cm³/mol. The van der Waals surface area contributed by atoms with Crippen LogP contribution in [0.5, 0.6) is 0 Å². The molecule has 0 fully saturated rings. The molecular weight excluding hydrogens is 394 g/mol. The van der Waals surface area contributed by atoms with Crippen molar-refractivity contribution >= 4 is 21.8 Å². The second kappa shape index (κ2) is 7.43. The Morgan fingerprint density at radius 2 is 1.96 bits per heavy atom. The zero-order chi connectivity index (χ0) is 17.9. The van der Waals surface area contributed by atoms with Crippen molar-refractivity contribution in [3.05, 3.63) is 87.9 Å². The van der Waals surface area contributed by atoms with Crippen LogP contribution in [0.15, 0.2) is 65.4 Å². The van der Waals surface area contributed by atoms with Gasteiger partial charge in [0.1, 0.15) is 6.10 Å². The summed E-state index contributed by atoms with van der Waals surface area (Å²) in [6.45, 7) is 1.47. The normalized spacial score (nSPS) is 16.1. The number of halogens is 1. The third kappa shape index (κ3) is 3.43. The Hall–Kier alpha value is -2.44. The molecule has 0 saturated carbocycles. The number of hydrogen-bond donors (Lipinski definition) is 1. The molecule has 6 heteroatoms. The van der Waals surface area contributed by atoms with E-state index in [4.69, 9.17) is 4.74 Å². The smallest absolute Gasteiger partial charge is 0.272 e. The monoisotopic (exact) mass is 411 g/mol. The molecule has 1 aliphatic heterocycles. The van der Waals surface area contributed by atoms with E-state index in [1.807, 2.05) is 47.0 Å². The molecule has 2 heterocycles. The number of fused-ring (bicyclic) bond motifs is 1. The van der Waals surface area contributed by atoms with Crippen molar-refractivity contribution in [2.24, 2.45) is 0 Å². The van der Waals surface area contributed by atoms with Gasteiger partial charge in [0.25, 0.3) is 5.91 Å². The van der Waals surface area contributed by atoms with E-state index in [0.717, 1.165) is 21.3 Å². The zero-order valence-corrected chi connectivity index (χ0v) is 15.6. The average molecular weight is 412 g/mol. The Morgan fingerprint density at radius 3 is 2.77 bits per heavy atom. The van der Waals surface area contributed by atoms with Crippen LogP contribution < -0.4 is 5.32 Å². The number of benzene rings is 2. The van der Waals surface area contributed by atoms with Gasteiger partial charge in [-0.25, -0.2) is 4.98 Å².